The molecule has 1 aliphatic rings. The number of nitrogens with one attached hydrogen (secondary N) is 1. The van der Waals surface area contributed by atoms with E-state index in [0.29, 0.717) is 6.04 Å². The second-order valence-electron chi connectivity index (χ2n) is 6.26. The first kappa shape index (κ1) is 15.6. The maximum Gasteiger partial charge on any atom is 0.0737 e. The van der Waals surface area contributed by atoms with Crippen molar-refractivity contribution in [3.63, 3.8) is 0 Å². The zero-order valence-corrected chi connectivity index (χ0v) is 13.9. The Morgan fingerprint density at radius 2 is 2.09 bits per heavy atom. The van der Waals surface area contributed by atoms with Gasteiger partial charge in [0.1, 0.15) is 0 Å². The third-order valence-electron chi connectivity index (χ3n) is 4.42. The highest BCUT2D eigenvalue weighted by molar-refractivity contribution is 6.31. The predicted octanol–water partition coefficient (Wildman–Crippen LogP) is 4.56. The SMILES string of the molecule is C[C@@H](CCCN1CCCC1)Nc1ccnc2cc(Cl)ccc12. The van der Waals surface area contributed by atoms with Crippen LogP contribution in [0.15, 0.2) is 30.5 Å². The first-order valence-corrected chi connectivity index (χ1v) is 8.63. The fourth-order valence-electron chi connectivity index (χ4n) is 3.21. The number of benzene rings is 1. The van der Waals surface area contributed by atoms with Gasteiger partial charge in [0.15, 0.2) is 0 Å². The third-order valence-corrected chi connectivity index (χ3v) is 4.65. The highest BCUT2D eigenvalue weighted by atomic mass is 35.5. The molecule has 3 nitrogen and oxygen atoms in total. The van der Waals surface area contributed by atoms with Gasteiger partial charge in [0.05, 0.1) is 5.52 Å². The van der Waals surface area contributed by atoms with Crippen molar-refractivity contribution in [1.29, 1.82) is 0 Å². The normalized spacial score (nSPS) is 17.0. The maximum absolute atomic E-state index is 6.04. The third kappa shape index (κ3) is 3.90. The van der Waals surface area contributed by atoms with E-state index in [1.165, 1.54) is 45.3 Å². The van der Waals surface area contributed by atoms with E-state index in [-0.39, 0.29) is 0 Å². The Bertz CT molecular complexity index is 623. The number of aromatic nitrogens is 1. The van der Waals surface area contributed by atoms with Gasteiger partial charge < -0.3 is 10.2 Å². The Morgan fingerprint density at radius 1 is 1.27 bits per heavy atom. The van der Waals surface area contributed by atoms with Crippen LogP contribution in [0.5, 0.6) is 0 Å². The number of hydrogen-bond donors (Lipinski definition) is 1. The summed E-state index contributed by atoms with van der Waals surface area (Å²) in [6.07, 6.45) is 7.04. The molecule has 118 valence electrons. The highest BCUT2D eigenvalue weighted by Crippen LogP contribution is 2.25. The lowest BCUT2D eigenvalue weighted by molar-refractivity contribution is 0.327. The molecule has 1 atom stereocenters. The fraction of sp³-hybridized carbons (Fsp3) is 0.500. The molecule has 2 heterocycles. The number of pyridine rings is 1. The summed E-state index contributed by atoms with van der Waals surface area (Å²) < 4.78 is 0. The minimum absolute atomic E-state index is 0.462. The maximum atomic E-state index is 6.04. The summed E-state index contributed by atoms with van der Waals surface area (Å²) in [5, 5.41) is 5.50. The zero-order valence-electron chi connectivity index (χ0n) is 13.2. The van der Waals surface area contributed by atoms with Crippen LogP contribution in [0.2, 0.25) is 5.02 Å². The van der Waals surface area contributed by atoms with E-state index in [1.54, 1.807) is 0 Å². The highest BCUT2D eigenvalue weighted by Gasteiger charge is 2.12. The smallest absolute Gasteiger partial charge is 0.0737 e. The van der Waals surface area contributed by atoms with Crippen LogP contribution in [0.4, 0.5) is 5.69 Å². The number of likely N-dealkylation sites (tertiary alicyclic amines) is 1. The van der Waals surface area contributed by atoms with Gasteiger partial charge in [-0.25, -0.2) is 0 Å². The van der Waals surface area contributed by atoms with Gasteiger partial charge in [0, 0.05) is 28.3 Å². The predicted molar refractivity (Wildman–Crippen MR) is 94.7 cm³/mol. The number of nitrogens with zero attached hydrogens (tertiary/aromatic N) is 2. The summed E-state index contributed by atoms with van der Waals surface area (Å²) >= 11 is 6.04. The largest absolute Gasteiger partial charge is 0.382 e. The van der Waals surface area contributed by atoms with Gasteiger partial charge in [-0.1, -0.05) is 11.6 Å². The average molecular weight is 318 g/mol. The van der Waals surface area contributed by atoms with Crippen molar-refractivity contribution in [1.82, 2.24) is 9.88 Å². The van der Waals surface area contributed by atoms with Crippen LogP contribution in [0.3, 0.4) is 0 Å². The molecule has 0 amide bonds. The Balaban J connectivity index is 1.57. The average Bonchev–Trinajstić information content (AvgIpc) is 3.00. The quantitative estimate of drug-likeness (QED) is 0.846. The molecule has 1 N–H and O–H groups in total. The Morgan fingerprint density at radius 3 is 2.91 bits per heavy atom. The lowest BCUT2D eigenvalue weighted by Gasteiger charge is -2.19. The molecule has 0 spiro atoms. The van der Waals surface area contributed by atoms with Gasteiger partial charge in [0.2, 0.25) is 0 Å². The zero-order chi connectivity index (χ0) is 15.4. The molecular formula is C18H24ClN3. The minimum Gasteiger partial charge on any atom is -0.382 e. The molecule has 2 aromatic rings. The molecule has 1 fully saturated rings. The van der Waals surface area contributed by atoms with E-state index >= 15 is 0 Å². The standard InChI is InChI=1S/C18H24ClN3/c1-14(5-4-12-22-10-2-3-11-22)21-17-8-9-20-18-13-15(19)6-7-16(17)18/h6-9,13-14H,2-5,10-12H2,1H3,(H,20,21)/t14-/m0/s1. The van der Waals surface area contributed by atoms with Gasteiger partial charge >= 0.3 is 0 Å². The molecule has 0 unspecified atom stereocenters. The second kappa shape index (κ2) is 7.30. The van der Waals surface area contributed by atoms with Crippen LogP contribution >= 0.6 is 11.6 Å². The summed E-state index contributed by atoms with van der Waals surface area (Å²) in [7, 11) is 0. The van der Waals surface area contributed by atoms with E-state index in [1.807, 2.05) is 30.5 Å². The van der Waals surface area contributed by atoms with E-state index in [9.17, 15) is 0 Å². The van der Waals surface area contributed by atoms with Crippen LogP contribution in [0, 0.1) is 0 Å². The van der Waals surface area contributed by atoms with Gasteiger partial charge in [-0.2, -0.15) is 0 Å². The molecular weight excluding hydrogens is 294 g/mol. The number of halogens is 1. The van der Waals surface area contributed by atoms with Gasteiger partial charge in [-0.15, -0.1) is 0 Å². The van der Waals surface area contributed by atoms with Crippen molar-refractivity contribution >= 4 is 28.2 Å². The summed E-state index contributed by atoms with van der Waals surface area (Å²) in [4.78, 5) is 6.97. The Hall–Kier alpha value is -1.32. The number of hydrogen-bond acceptors (Lipinski definition) is 3. The van der Waals surface area contributed by atoms with Crippen molar-refractivity contribution in [3.8, 4) is 0 Å². The number of fused-ring (bicyclic) bond motifs is 1. The number of anilines is 1. The molecule has 1 aromatic heterocycles. The molecule has 1 aromatic carbocycles. The molecule has 0 bridgehead atoms. The van der Waals surface area contributed by atoms with Crippen LogP contribution in [0.25, 0.3) is 10.9 Å². The van der Waals surface area contributed by atoms with Crippen LogP contribution in [-0.2, 0) is 0 Å². The van der Waals surface area contributed by atoms with E-state index in [2.05, 4.69) is 22.1 Å². The summed E-state index contributed by atoms with van der Waals surface area (Å²) in [5.41, 5.74) is 2.09. The monoisotopic (exact) mass is 317 g/mol. The fourth-order valence-corrected chi connectivity index (χ4v) is 3.38. The van der Waals surface area contributed by atoms with E-state index in [0.717, 1.165) is 21.6 Å². The van der Waals surface area contributed by atoms with E-state index < -0.39 is 0 Å². The van der Waals surface area contributed by atoms with Crippen molar-refractivity contribution in [2.24, 2.45) is 0 Å². The van der Waals surface area contributed by atoms with Crippen LogP contribution in [0.1, 0.15) is 32.6 Å². The molecule has 0 radical (unpaired) electrons. The minimum atomic E-state index is 0.462. The lowest BCUT2D eigenvalue weighted by atomic mass is 10.1. The van der Waals surface area contributed by atoms with Gasteiger partial charge in [-0.3, -0.25) is 4.98 Å². The first-order chi connectivity index (χ1) is 10.7. The van der Waals surface area contributed by atoms with Crippen molar-refractivity contribution in [2.75, 3.05) is 25.0 Å². The molecule has 0 aliphatic carbocycles. The number of rotatable bonds is 6. The molecule has 1 saturated heterocycles. The van der Waals surface area contributed by atoms with Crippen molar-refractivity contribution in [2.45, 2.75) is 38.6 Å². The van der Waals surface area contributed by atoms with Crippen LogP contribution < -0.4 is 5.32 Å². The summed E-state index contributed by atoms with van der Waals surface area (Å²) in [6, 6.07) is 8.40. The molecule has 4 heteroatoms. The first-order valence-electron chi connectivity index (χ1n) is 8.25. The van der Waals surface area contributed by atoms with Gasteiger partial charge in [0.25, 0.3) is 0 Å². The van der Waals surface area contributed by atoms with Crippen molar-refractivity contribution < 1.29 is 0 Å². The molecule has 3 rings (SSSR count). The van der Waals surface area contributed by atoms with Gasteiger partial charge in [-0.05, 0) is 76.5 Å². The molecule has 1 aliphatic heterocycles. The summed E-state index contributed by atoms with van der Waals surface area (Å²) in [5.74, 6) is 0. The van der Waals surface area contributed by atoms with Crippen LogP contribution in [-0.4, -0.2) is 35.6 Å². The molecule has 22 heavy (non-hydrogen) atoms. The Kier molecular flexibility index (Phi) is 5.16. The lowest BCUT2D eigenvalue weighted by Crippen LogP contribution is -2.23. The second-order valence-corrected chi connectivity index (χ2v) is 6.69. The van der Waals surface area contributed by atoms with Crippen molar-refractivity contribution in [3.05, 3.63) is 35.5 Å². The topological polar surface area (TPSA) is 28.2 Å². The Labute approximate surface area is 137 Å². The van der Waals surface area contributed by atoms with E-state index in [4.69, 9.17) is 11.6 Å². The summed E-state index contributed by atoms with van der Waals surface area (Å²) in [6.45, 7) is 6.07. The molecule has 0 saturated carbocycles.